The van der Waals surface area contributed by atoms with Crippen molar-refractivity contribution in [2.24, 2.45) is 0 Å². The van der Waals surface area contributed by atoms with E-state index in [-0.39, 0.29) is 4.90 Å². The van der Waals surface area contributed by atoms with Gasteiger partial charge in [-0.05, 0) is 50.6 Å². The lowest BCUT2D eigenvalue weighted by Crippen LogP contribution is -2.40. The second-order valence-corrected chi connectivity index (χ2v) is 9.80. The van der Waals surface area contributed by atoms with Gasteiger partial charge in [-0.15, -0.1) is 0 Å². The van der Waals surface area contributed by atoms with Gasteiger partial charge in [0.2, 0.25) is 10.0 Å². The maximum atomic E-state index is 13.2. The molecule has 6 nitrogen and oxygen atoms in total. The van der Waals surface area contributed by atoms with Crippen molar-refractivity contribution < 1.29 is 17.9 Å². The molecular formula is C25H28N2O4S. The van der Waals surface area contributed by atoms with E-state index >= 15 is 0 Å². The van der Waals surface area contributed by atoms with E-state index in [0.717, 1.165) is 11.1 Å². The Bertz CT molecular complexity index is 1140. The number of nitrogens with zero attached hydrogens (tertiary/aromatic N) is 1. The quantitative estimate of drug-likeness (QED) is 0.528. The van der Waals surface area contributed by atoms with Crippen LogP contribution in [0.25, 0.3) is 0 Å². The van der Waals surface area contributed by atoms with E-state index in [1.54, 1.807) is 43.3 Å². The van der Waals surface area contributed by atoms with Crippen LogP contribution in [-0.4, -0.2) is 31.9 Å². The zero-order chi connectivity index (χ0) is 23.3. The minimum Gasteiger partial charge on any atom is -0.439 e. The number of carbonyl (C=O) groups is 1. The summed E-state index contributed by atoms with van der Waals surface area (Å²) in [5, 5.41) is 2.71. The first-order valence-electron chi connectivity index (χ1n) is 10.3. The van der Waals surface area contributed by atoms with Crippen LogP contribution >= 0.6 is 0 Å². The van der Waals surface area contributed by atoms with Crippen molar-refractivity contribution in [2.45, 2.75) is 37.8 Å². The average Bonchev–Trinajstić information content (AvgIpc) is 2.79. The van der Waals surface area contributed by atoms with Gasteiger partial charge in [-0.2, -0.15) is 4.31 Å². The fourth-order valence-electron chi connectivity index (χ4n) is 3.27. The summed E-state index contributed by atoms with van der Waals surface area (Å²) in [7, 11) is -2.29. The lowest BCUT2D eigenvalue weighted by molar-refractivity contribution is 0.0724. The van der Waals surface area contributed by atoms with E-state index in [2.05, 4.69) is 5.32 Å². The molecule has 3 aromatic carbocycles. The number of likely N-dealkylation sites (N-methyl/N-ethyl adjacent to an activating group) is 1. The molecule has 3 aromatic rings. The Morgan fingerprint density at radius 1 is 0.875 bits per heavy atom. The van der Waals surface area contributed by atoms with Crippen molar-refractivity contribution in [3.05, 3.63) is 95.6 Å². The number of nitrogens with one attached hydrogen (secondary N) is 1. The number of ether oxygens (including phenoxy) is 1. The van der Waals surface area contributed by atoms with Crippen molar-refractivity contribution in [1.29, 1.82) is 0 Å². The van der Waals surface area contributed by atoms with Crippen molar-refractivity contribution in [1.82, 2.24) is 4.31 Å². The van der Waals surface area contributed by atoms with E-state index in [1.165, 1.54) is 11.4 Å². The number of anilines is 1. The molecule has 32 heavy (non-hydrogen) atoms. The maximum absolute atomic E-state index is 13.2. The van der Waals surface area contributed by atoms with Crippen LogP contribution in [0.1, 0.15) is 29.7 Å². The molecule has 0 aliphatic heterocycles. The standard InChI is InChI=1S/C25H28N2O4S/c1-18-10-14-22(15-11-18)26-25(28)31-24(21-8-6-5-7-9-21)20(3)27(4)32(29,30)23-16-12-19(2)13-17-23/h5-17,20,24H,1-4H3,(H,26,28)/t20-,24+/m1/s1. The number of sulfonamides is 1. The average molecular weight is 453 g/mol. The molecule has 0 saturated heterocycles. The molecule has 2 atom stereocenters. The monoisotopic (exact) mass is 452 g/mol. The summed E-state index contributed by atoms with van der Waals surface area (Å²) in [6.45, 7) is 5.58. The molecule has 1 amide bonds. The highest BCUT2D eigenvalue weighted by Crippen LogP contribution is 2.29. The molecule has 0 saturated carbocycles. The highest BCUT2D eigenvalue weighted by atomic mass is 32.2. The number of rotatable bonds is 7. The summed E-state index contributed by atoms with van der Waals surface area (Å²) < 4.78 is 33.4. The second-order valence-electron chi connectivity index (χ2n) is 7.80. The van der Waals surface area contributed by atoms with Crippen LogP contribution in [-0.2, 0) is 14.8 Å². The largest absolute Gasteiger partial charge is 0.439 e. The molecule has 0 fully saturated rings. The van der Waals surface area contributed by atoms with Gasteiger partial charge in [0.15, 0.2) is 0 Å². The van der Waals surface area contributed by atoms with Crippen molar-refractivity contribution in [3.8, 4) is 0 Å². The third kappa shape index (κ3) is 5.55. The number of amides is 1. The van der Waals surface area contributed by atoms with Crippen LogP contribution in [0.5, 0.6) is 0 Å². The maximum Gasteiger partial charge on any atom is 0.412 e. The zero-order valence-corrected chi connectivity index (χ0v) is 19.5. The first kappa shape index (κ1) is 23.5. The van der Waals surface area contributed by atoms with Gasteiger partial charge in [0.05, 0.1) is 10.9 Å². The molecule has 0 radical (unpaired) electrons. The number of hydrogen-bond donors (Lipinski definition) is 1. The molecule has 0 aromatic heterocycles. The van der Waals surface area contributed by atoms with Gasteiger partial charge in [-0.25, -0.2) is 13.2 Å². The molecule has 0 spiro atoms. The lowest BCUT2D eigenvalue weighted by Gasteiger charge is -2.31. The SMILES string of the molecule is Cc1ccc(NC(=O)O[C@H](c2ccccc2)[C@@H](C)N(C)S(=O)(=O)c2ccc(C)cc2)cc1. The number of benzene rings is 3. The normalized spacial score (nSPS) is 13.4. The van der Waals surface area contributed by atoms with Crippen LogP contribution in [0.15, 0.2) is 83.8 Å². The Kier molecular flexibility index (Phi) is 7.33. The van der Waals surface area contributed by atoms with Crippen molar-refractivity contribution >= 4 is 21.8 Å². The highest BCUT2D eigenvalue weighted by molar-refractivity contribution is 7.89. The summed E-state index contributed by atoms with van der Waals surface area (Å²) in [6.07, 6.45) is -1.47. The van der Waals surface area contributed by atoms with Gasteiger partial charge in [0.1, 0.15) is 6.10 Å². The molecule has 0 heterocycles. The predicted molar refractivity (Wildman–Crippen MR) is 126 cm³/mol. The Morgan fingerprint density at radius 2 is 1.41 bits per heavy atom. The smallest absolute Gasteiger partial charge is 0.412 e. The van der Waals surface area contributed by atoms with Gasteiger partial charge in [0.25, 0.3) is 0 Å². The fourth-order valence-corrected chi connectivity index (χ4v) is 4.63. The van der Waals surface area contributed by atoms with Crippen LogP contribution in [0, 0.1) is 13.8 Å². The van der Waals surface area contributed by atoms with Crippen LogP contribution < -0.4 is 5.32 Å². The molecule has 0 unspecified atom stereocenters. The van der Waals surface area contributed by atoms with Crippen LogP contribution in [0.3, 0.4) is 0 Å². The summed E-state index contributed by atoms with van der Waals surface area (Å²) in [4.78, 5) is 12.9. The second kappa shape index (κ2) is 9.97. The van der Waals surface area contributed by atoms with Gasteiger partial charge < -0.3 is 4.74 Å². The fraction of sp³-hybridized carbons (Fsp3) is 0.240. The highest BCUT2D eigenvalue weighted by Gasteiger charge is 2.33. The molecule has 0 bridgehead atoms. The van der Waals surface area contributed by atoms with Gasteiger partial charge in [0, 0.05) is 12.7 Å². The Labute approximate surface area is 189 Å². The third-order valence-electron chi connectivity index (χ3n) is 5.37. The number of aryl methyl sites for hydroxylation is 2. The van der Waals surface area contributed by atoms with Crippen LogP contribution in [0.4, 0.5) is 10.5 Å². The molecule has 0 aliphatic rings. The molecule has 168 valence electrons. The van der Waals surface area contributed by atoms with E-state index in [0.29, 0.717) is 11.3 Å². The molecule has 0 aliphatic carbocycles. The number of hydrogen-bond acceptors (Lipinski definition) is 4. The Hall–Kier alpha value is -3.16. The van der Waals surface area contributed by atoms with E-state index in [4.69, 9.17) is 4.74 Å². The summed E-state index contributed by atoms with van der Waals surface area (Å²) >= 11 is 0. The zero-order valence-electron chi connectivity index (χ0n) is 18.6. The van der Waals surface area contributed by atoms with E-state index < -0.39 is 28.3 Å². The summed E-state index contributed by atoms with van der Waals surface area (Å²) in [5.74, 6) is 0. The Morgan fingerprint density at radius 3 is 1.97 bits per heavy atom. The van der Waals surface area contributed by atoms with Gasteiger partial charge >= 0.3 is 6.09 Å². The van der Waals surface area contributed by atoms with E-state index in [9.17, 15) is 13.2 Å². The van der Waals surface area contributed by atoms with E-state index in [1.807, 2.05) is 56.3 Å². The topological polar surface area (TPSA) is 75.7 Å². The first-order valence-corrected chi connectivity index (χ1v) is 11.8. The molecule has 1 N–H and O–H groups in total. The lowest BCUT2D eigenvalue weighted by atomic mass is 10.0. The minimum absolute atomic E-state index is 0.188. The summed E-state index contributed by atoms with van der Waals surface area (Å²) in [5.41, 5.74) is 3.34. The van der Waals surface area contributed by atoms with Gasteiger partial charge in [-0.1, -0.05) is 65.7 Å². The van der Waals surface area contributed by atoms with Crippen molar-refractivity contribution in [3.63, 3.8) is 0 Å². The molecular weight excluding hydrogens is 424 g/mol. The number of carbonyl (C=O) groups excluding carboxylic acids is 1. The van der Waals surface area contributed by atoms with Crippen LogP contribution in [0.2, 0.25) is 0 Å². The van der Waals surface area contributed by atoms with Crippen molar-refractivity contribution in [2.75, 3.05) is 12.4 Å². The Balaban J connectivity index is 1.85. The minimum atomic E-state index is -3.79. The summed E-state index contributed by atoms with van der Waals surface area (Å²) in [6, 6.07) is 22.5. The first-order chi connectivity index (χ1) is 15.2. The van der Waals surface area contributed by atoms with Gasteiger partial charge in [-0.3, -0.25) is 5.32 Å². The molecule has 3 rings (SSSR count). The third-order valence-corrected chi connectivity index (χ3v) is 7.33. The predicted octanol–water partition coefficient (Wildman–Crippen LogP) is 5.30. The molecule has 7 heteroatoms.